The van der Waals surface area contributed by atoms with Crippen LogP contribution in [-0.4, -0.2) is 12.0 Å². The summed E-state index contributed by atoms with van der Waals surface area (Å²) in [5.41, 5.74) is 0.938. The predicted molar refractivity (Wildman–Crippen MR) is 106 cm³/mol. The molecule has 0 saturated carbocycles. The van der Waals surface area contributed by atoms with Gasteiger partial charge in [-0.1, -0.05) is 66.7 Å². The highest BCUT2D eigenvalue weighted by atomic mass is 35.7. The standard InChI is InChI=1S/C20H19ClNO3P/c1-15(20(23)24-14-16-8-3-2-4-9-16)22-26(21)25-19-13-7-11-17-10-5-6-12-18(17)19/h2-13,15,22H,14H2,1H3/t15-,26?/m0/s1. The number of hydrogen-bond acceptors (Lipinski definition) is 4. The first kappa shape index (κ1) is 18.7. The van der Waals surface area contributed by atoms with Crippen LogP contribution in [0.3, 0.4) is 0 Å². The van der Waals surface area contributed by atoms with Gasteiger partial charge >= 0.3 is 5.97 Å². The number of ether oxygens (including phenoxy) is 1. The molecule has 4 nitrogen and oxygen atoms in total. The third kappa shape index (κ3) is 4.95. The Morgan fingerprint density at radius 2 is 1.73 bits per heavy atom. The van der Waals surface area contributed by atoms with E-state index in [1.54, 1.807) is 6.92 Å². The Morgan fingerprint density at radius 1 is 1.04 bits per heavy atom. The van der Waals surface area contributed by atoms with Gasteiger partial charge in [0.15, 0.2) is 0 Å². The molecule has 0 amide bonds. The monoisotopic (exact) mass is 387 g/mol. The quantitative estimate of drug-likeness (QED) is 0.435. The minimum Gasteiger partial charge on any atom is -0.460 e. The summed E-state index contributed by atoms with van der Waals surface area (Å²) in [6, 6.07) is 22.7. The summed E-state index contributed by atoms with van der Waals surface area (Å²) in [4.78, 5) is 12.1. The zero-order valence-electron chi connectivity index (χ0n) is 14.3. The molecule has 1 N–H and O–H groups in total. The van der Waals surface area contributed by atoms with Gasteiger partial charge in [-0.05, 0) is 35.2 Å². The molecule has 1 unspecified atom stereocenters. The van der Waals surface area contributed by atoms with Crippen LogP contribution >= 0.6 is 18.9 Å². The number of carbonyl (C=O) groups is 1. The van der Waals surface area contributed by atoms with Crippen LogP contribution in [0.2, 0.25) is 0 Å². The maximum Gasteiger partial charge on any atom is 0.323 e. The van der Waals surface area contributed by atoms with Gasteiger partial charge in [0.25, 0.3) is 7.65 Å². The average Bonchev–Trinajstić information content (AvgIpc) is 2.67. The Hall–Kier alpha value is -2.13. The number of carbonyl (C=O) groups excluding carboxylic acids is 1. The van der Waals surface area contributed by atoms with Crippen LogP contribution in [0.4, 0.5) is 0 Å². The molecule has 3 rings (SSSR count). The van der Waals surface area contributed by atoms with Gasteiger partial charge in [0.1, 0.15) is 18.4 Å². The largest absolute Gasteiger partial charge is 0.460 e. The minimum absolute atomic E-state index is 0.232. The minimum atomic E-state index is -1.55. The summed E-state index contributed by atoms with van der Waals surface area (Å²) < 4.78 is 11.1. The van der Waals surface area contributed by atoms with E-state index in [-0.39, 0.29) is 12.6 Å². The van der Waals surface area contributed by atoms with E-state index in [0.717, 1.165) is 16.3 Å². The third-order valence-electron chi connectivity index (χ3n) is 3.80. The second-order valence-corrected chi connectivity index (χ2v) is 7.61. The highest BCUT2D eigenvalue weighted by Crippen LogP contribution is 2.42. The molecule has 0 aliphatic carbocycles. The topological polar surface area (TPSA) is 47.6 Å². The molecule has 0 fully saturated rings. The number of rotatable bonds is 7. The normalized spacial score (nSPS) is 13.2. The van der Waals surface area contributed by atoms with E-state index in [9.17, 15) is 4.79 Å². The van der Waals surface area contributed by atoms with Gasteiger partial charge in [0, 0.05) is 5.39 Å². The molecule has 134 valence electrons. The summed E-state index contributed by atoms with van der Waals surface area (Å²) in [5.74, 6) is 0.310. The molecule has 0 heterocycles. The van der Waals surface area contributed by atoms with Crippen molar-refractivity contribution in [1.29, 1.82) is 0 Å². The molecule has 0 spiro atoms. The van der Waals surface area contributed by atoms with Gasteiger partial charge in [-0.15, -0.1) is 0 Å². The van der Waals surface area contributed by atoms with Crippen LogP contribution in [0.25, 0.3) is 10.8 Å². The average molecular weight is 388 g/mol. The smallest absolute Gasteiger partial charge is 0.323 e. The number of halogens is 1. The van der Waals surface area contributed by atoms with Crippen molar-refractivity contribution in [3.63, 3.8) is 0 Å². The first-order valence-electron chi connectivity index (χ1n) is 8.22. The summed E-state index contributed by atoms with van der Waals surface area (Å²) >= 11 is 6.30. The molecule has 0 radical (unpaired) electrons. The molecule has 0 aliphatic heterocycles. The molecule has 0 aliphatic rings. The van der Waals surface area contributed by atoms with Gasteiger partial charge in [-0.25, -0.2) is 5.09 Å². The van der Waals surface area contributed by atoms with Crippen molar-refractivity contribution in [3.8, 4) is 5.75 Å². The zero-order valence-corrected chi connectivity index (χ0v) is 15.9. The number of benzene rings is 3. The van der Waals surface area contributed by atoms with Gasteiger partial charge < -0.3 is 9.26 Å². The van der Waals surface area contributed by atoms with Crippen LogP contribution in [0.1, 0.15) is 12.5 Å². The Bertz CT molecular complexity index is 870. The molecule has 3 aromatic carbocycles. The van der Waals surface area contributed by atoms with E-state index in [1.165, 1.54) is 0 Å². The van der Waals surface area contributed by atoms with Gasteiger partial charge in [-0.2, -0.15) is 0 Å². The number of esters is 1. The second kappa shape index (κ2) is 9.00. The van der Waals surface area contributed by atoms with Crippen molar-refractivity contribution < 1.29 is 14.1 Å². The Kier molecular flexibility index (Phi) is 6.45. The summed E-state index contributed by atoms with van der Waals surface area (Å²) in [6.07, 6.45) is 0. The second-order valence-electron chi connectivity index (χ2n) is 5.76. The van der Waals surface area contributed by atoms with E-state index in [2.05, 4.69) is 5.09 Å². The zero-order chi connectivity index (χ0) is 18.4. The van der Waals surface area contributed by atoms with Crippen molar-refractivity contribution in [1.82, 2.24) is 5.09 Å². The SMILES string of the molecule is C[C@H](NP(Cl)Oc1cccc2ccccc12)C(=O)OCc1ccccc1. The molecule has 6 heteroatoms. The molecular weight excluding hydrogens is 369 g/mol. The number of fused-ring (bicyclic) bond motifs is 1. The first-order chi connectivity index (χ1) is 12.6. The molecule has 0 aromatic heterocycles. The highest BCUT2D eigenvalue weighted by Gasteiger charge is 2.20. The fourth-order valence-electron chi connectivity index (χ4n) is 2.45. The van der Waals surface area contributed by atoms with Crippen LogP contribution in [-0.2, 0) is 16.1 Å². The summed E-state index contributed by atoms with van der Waals surface area (Å²) in [6.45, 7) is 1.94. The molecule has 0 saturated heterocycles. The lowest BCUT2D eigenvalue weighted by atomic mass is 10.1. The number of nitrogens with one attached hydrogen (secondary N) is 1. The lowest BCUT2D eigenvalue weighted by Crippen LogP contribution is -2.32. The lowest BCUT2D eigenvalue weighted by molar-refractivity contribution is -0.146. The van der Waals surface area contributed by atoms with Gasteiger partial charge in [-0.3, -0.25) is 4.79 Å². The predicted octanol–water partition coefficient (Wildman–Crippen LogP) is 5.41. The van der Waals surface area contributed by atoms with E-state index >= 15 is 0 Å². The lowest BCUT2D eigenvalue weighted by Gasteiger charge is -2.18. The van der Waals surface area contributed by atoms with E-state index < -0.39 is 13.7 Å². The van der Waals surface area contributed by atoms with E-state index in [1.807, 2.05) is 72.8 Å². The van der Waals surface area contributed by atoms with Crippen molar-refractivity contribution in [2.24, 2.45) is 0 Å². The maximum atomic E-state index is 12.1. The van der Waals surface area contributed by atoms with Crippen molar-refractivity contribution in [2.45, 2.75) is 19.6 Å². The van der Waals surface area contributed by atoms with Crippen LogP contribution < -0.4 is 9.61 Å². The Balaban J connectivity index is 1.55. The number of hydrogen-bond donors (Lipinski definition) is 1. The van der Waals surface area contributed by atoms with Gasteiger partial charge in [0.05, 0.1) is 0 Å². The fraction of sp³-hybridized carbons (Fsp3) is 0.150. The highest BCUT2D eigenvalue weighted by molar-refractivity contribution is 7.78. The molecular formula is C20H19ClNO3P. The molecule has 26 heavy (non-hydrogen) atoms. The van der Waals surface area contributed by atoms with Gasteiger partial charge in [0.2, 0.25) is 0 Å². The van der Waals surface area contributed by atoms with Crippen LogP contribution in [0, 0.1) is 0 Å². The fourth-order valence-corrected chi connectivity index (χ4v) is 3.90. The Morgan fingerprint density at radius 3 is 2.54 bits per heavy atom. The molecule has 2 atom stereocenters. The summed E-state index contributed by atoms with van der Waals surface area (Å²) in [5, 5.41) is 5.01. The third-order valence-corrected chi connectivity index (χ3v) is 5.25. The van der Waals surface area contributed by atoms with E-state index in [4.69, 9.17) is 20.5 Å². The first-order valence-corrected chi connectivity index (χ1v) is 10.4. The Labute approximate surface area is 158 Å². The van der Waals surface area contributed by atoms with E-state index in [0.29, 0.717) is 5.75 Å². The molecule has 3 aromatic rings. The van der Waals surface area contributed by atoms with Crippen LogP contribution in [0.15, 0.2) is 72.8 Å². The van der Waals surface area contributed by atoms with Crippen molar-refractivity contribution in [2.75, 3.05) is 0 Å². The van der Waals surface area contributed by atoms with Crippen LogP contribution in [0.5, 0.6) is 5.75 Å². The summed E-state index contributed by atoms with van der Waals surface area (Å²) in [7, 11) is -1.55. The van der Waals surface area contributed by atoms with Crippen molar-refractivity contribution in [3.05, 3.63) is 78.4 Å². The maximum absolute atomic E-state index is 12.1. The molecule has 0 bridgehead atoms. The van der Waals surface area contributed by atoms with Crippen molar-refractivity contribution >= 4 is 35.6 Å².